The van der Waals surface area contributed by atoms with E-state index in [2.05, 4.69) is 50.2 Å². The Labute approximate surface area is 232 Å². The molecule has 0 amide bonds. The second-order valence-electron chi connectivity index (χ2n) is 7.37. The maximum atomic E-state index is 13.6. The first kappa shape index (κ1) is 25.4. The number of esters is 1. The van der Waals surface area contributed by atoms with Gasteiger partial charge in [-0.2, -0.15) is 0 Å². The van der Waals surface area contributed by atoms with E-state index < -0.39 is 12.0 Å². The SMILES string of the molecule is CCOC(=O)C1=C(C)N=c2s/c(=C/c3cc(I)c(OC)c(I)c3)c(=O)n2C1c1ccc(Cl)cc1. The third kappa shape index (κ3) is 4.84. The molecule has 0 aliphatic carbocycles. The lowest BCUT2D eigenvalue weighted by Crippen LogP contribution is -2.39. The van der Waals surface area contributed by atoms with Crippen LogP contribution < -0.4 is 19.6 Å². The minimum absolute atomic E-state index is 0.223. The molecule has 1 atom stereocenters. The molecule has 1 aliphatic rings. The predicted octanol–water partition coefficient (Wildman–Crippen LogP) is 4.67. The first-order chi connectivity index (χ1) is 16.2. The van der Waals surface area contributed by atoms with Crippen LogP contribution in [0.5, 0.6) is 5.75 Å². The lowest BCUT2D eigenvalue weighted by molar-refractivity contribution is -0.139. The summed E-state index contributed by atoms with van der Waals surface area (Å²) in [4.78, 5) is 31.7. The van der Waals surface area contributed by atoms with Gasteiger partial charge in [-0.15, -0.1) is 0 Å². The van der Waals surface area contributed by atoms with Crippen molar-refractivity contribution in [3.63, 3.8) is 0 Å². The van der Waals surface area contributed by atoms with Crippen molar-refractivity contribution in [2.75, 3.05) is 13.7 Å². The minimum Gasteiger partial charge on any atom is -0.495 e. The Morgan fingerprint density at radius 3 is 2.47 bits per heavy atom. The number of hydrogen-bond donors (Lipinski definition) is 0. The van der Waals surface area contributed by atoms with Gasteiger partial charge in [-0.1, -0.05) is 35.1 Å². The molecule has 2 heterocycles. The number of thiazole rings is 1. The summed E-state index contributed by atoms with van der Waals surface area (Å²) in [7, 11) is 1.64. The van der Waals surface area contributed by atoms with Crippen LogP contribution in [0.15, 0.2) is 57.5 Å². The summed E-state index contributed by atoms with van der Waals surface area (Å²) in [6, 6.07) is 10.4. The van der Waals surface area contributed by atoms with Crippen molar-refractivity contribution in [1.29, 1.82) is 0 Å². The van der Waals surface area contributed by atoms with Gasteiger partial charge in [0.1, 0.15) is 5.75 Å². The average Bonchev–Trinajstić information content (AvgIpc) is 3.08. The normalized spacial score (nSPS) is 15.7. The lowest BCUT2D eigenvalue weighted by atomic mass is 9.96. The van der Waals surface area contributed by atoms with E-state index in [0.29, 0.717) is 25.6 Å². The van der Waals surface area contributed by atoms with E-state index in [1.165, 1.54) is 11.3 Å². The third-order valence-electron chi connectivity index (χ3n) is 5.23. The predicted molar refractivity (Wildman–Crippen MR) is 150 cm³/mol. The number of hydrogen-bond acceptors (Lipinski definition) is 6. The van der Waals surface area contributed by atoms with Crippen LogP contribution in [0.1, 0.15) is 31.0 Å². The Morgan fingerprint density at radius 2 is 1.88 bits per heavy atom. The number of carbonyl (C=O) groups excluding carboxylic acids is 1. The van der Waals surface area contributed by atoms with Gasteiger partial charge in [0.15, 0.2) is 4.80 Å². The van der Waals surface area contributed by atoms with Crippen molar-refractivity contribution in [1.82, 2.24) is 4.57 Å². The van der Waals surface area contributed by atoms with Crippen molar-refractivity contribution < 1.29 is 14.3 Å². The molecule has 2 aromatic carbocycles. The van der Waals surface area contributed by atoms with Gasteiger partial charge in [-0.3, -0.25) is 9.36 Å². The van der Waals surface area contributed by atoms with E-state index in [0.717, 1.165) is 24.0 Å². The van der Waals surface area contributed by atoms with Crippen LogP contribution >= 0.6 is 68.1 Å². The molecule has 0 saturated carbocycles. The van der Waals surface area contributed by atoms with Crippen molar-refractivity contribution >= 4 is 80.2 Å². The maximum absolute atomic E-state index is 13.6. The van der Waals surface area contributed by atoms with Crippen LogP contribution in [0.3, 0.4) is 0 Å². The Balaban J connectivity index is 1.94. The largest absolute Gasteiger partial charge is 0.495 e. The summed E-state index contributed by atoms with van der Waals surface area (Å²) in [6.07, 6.45) is 1.84. The zero-order valence-corrected chi connectivity index (χ0v) is 24.3. The Bertz CT molecular complexity index is 1470. The highest BCUT2D eigenvalue weighted by molar-refractivity contribution is 14.1. The van der Waals surface area contributed by atoms with Crippen molar-refractivity contribution in [2.24, 2.45) is 4.99 Å². The fourth-order valence-corrected chi connectivity index (χ4v) is 7.19. The molecule has 4 rings (SSSR count). The monoisotopic (exact) mass is 720 g/mol. The van der Waals surface area contributed by atoms with E-state index >= 15 is 0 Å². The molecule has 10 heteroatoms. The number of benzene rings is 2. The summed E-state index contributed by atoms with van der Waals surface area (Å²) in [5.41, 5.74) is 2.28. The Kier molecular flexibility index (Phi) is 7.85. The van der Waals surface area contributed by atoms with E-state index in [-0.39, 0.29) is 12.2 Å². The van der Waals surface area contributed by atoms with E-state index in [4.69, 9.17) is 21.1 Å². The first-order valence-electron chi connectivity index (χ1n) is 10.2. The maximum Gasteiger partial charge on any atom is 0.338 e. The van der Waals surface area contributed by atoms with Crippen LogP contribution in [0.4, 0.5) is 0 Å². The number of ether oxygens (including phenoxy) is 2. The number of nitrogens with zero attached hydrogens (tertiary/aromatic N) is 2. The molecule has 0 saturated heterocycles. The molecule has 0 spiro atoms. The summed E-state index contributed by atoms with van der Waals surface area (Å²) in [5, 5.41) is 0.568. The molecule has 0 bridgehead atoms. The minimum atomic E-state index is -0.661. The second kappa shape index (κ2) is 10.5. The van der Waals surface area contributed by atoms with Gasteiger partial charge in [0.25, 0.3) is 5.56 Å². The highest BCUT2D eigenvalue weighted by Crippen LogP contribution is 2.32. The lowest BCUT2D eigenvalue weighted by Gasteiger charge is -2.24. The zero-order chi connectivity index (χ0) is 24.6. The fraction of sp³-hybridized carbons (Fsp3) is 0.208. The number of carbonyl (C=O) groups is 1. The van der Waals surface area contributed by atoms with Crippen molar-refractivity contribution in [3.8, 4) is 5.75 Å². The van der Waals surface area contributed by atoms with Crippen molar-refractivity contribution in [3.05, 3.63) is 90.6 Å². The van der Waals surface area contributed by atoms with Gasteiger partial charge in [-0.05, 0) is 100 Å². The Morgan fingerprint density at radius 1 is 1.24 bits per heavy atom. The zero-order valence-electron chi connectivity index (χ0n) is 18.4. The molecule has 34 heavy (non-hydrogen) atoms. The summed E-state index contributed by atoms with van der Waals surface area (Å²) < 4.78 is 14.7. The molecule has 0 N–H and O–H groups in total. The molecule has 6 nitrogen and oxygen atoms in total. The van der Waals surface area contributed by atoms with Crippen LogP contribution in [0.25, 0.3) is 6.08 Å². The van der Waals surface area contributed by atoms with Crippen LogP contribution in [0, 0.1) is 7.14 Å². The van der Waals surface area contributed by atoms with Crippen LogP contribution in [-0.4, -0.2) is 24.3 Å². The number of halogens is 3. The van der Waals surface area contributed by atoms with E-state index in [9.17, 15) is 9.59 Å². The highest BCUT2D eigenvalue weighted by atomic mass is 127. The molecule has 1 unspecified atom stereocenters. The number of rotatable bonds is 5. The molecule has 0 fully saturated rings. The fourth-order valence-electron chi connectivity index (χ4n) is 3.76. The van der Waals surface area contributed by atoms with Crippen LogP contribution in [0.2, 0.25) is 5.02 Å². The average molecular weight is 721 g/mol. The molecule has 0 radical (unpaired) electrons. The molecule has 1 aliphatic heterocycles. The first-order valence-corrected chi connectivity index (χ1v) is 13.6. The van der Waals surface area contributed by atoms with Gasteiger partial charge in [0.05, 0.1) is 42.7 Å². The topological polar surface area (TPSA) is 69.9 Å². The standard InChI is InChI=1S/C24H19ClI2N2O4S/c1-4-33-23(31)19-12(2)28-24-29(20(19)14-5-7-15(25)8-6-14)22(30)18(34-24)11-13-9-16(26)21(32-3)17(27)10-13/h5-11,20H,4H2,1-3H3/b18-11+. The molecular formula is C24H19ClI2N2O4S. The highest BCUT2D eigenvalue weighted by Gasteiger charge is 2.33. The van der Waals surface area contributed by atoms with E-state index in [1.54, 1.807) is 37.7 Å². The summed E-state index contributed by atoms with van der Waals surface area (Å²) in [5.74, 6) is 0.314. The number of allylic oxidation sites excluding steroid dienone is 1. The number of methoxy groups -OCH3 is 1. The third-order valence-corrected chi connectivity index (χ3v) is 8.06. The smallest absolute Gasteiger partial charge is 0.338 e. The number of aromatic nitrogens is 1. The van der Waals surface area contributed by atoms with E-state index in [1.807, 2.05) is 30.3 Å². The molecular weight excluding hydrogens is 702 g/mol. The second-order valence-corrected chi connectivity index (χ2v) is 11.1. The quantitative estimate of drug-likeness (QED) is 0.284. The summed E-state index contributed by atoms with van der Waals surface area (Å²) >= 11 is 11.8. The van der Waals surface area contributed by atoms with Gasteiger partial charge >= 0.3 is 5.97 Å². The molecule has 3 aromatic rings. The Hall–Kier alpha value is -1.70. The van der Waals surface area contributed by atoms with Gasteiger partial charge in [-0.25, -0.2) is 9.79 Å². The van der Waals surface area contributed by atoms with Gasteiger partial charge in [0.2, 0.25) is 0 Å². The van der Waals surface area contributed by atoms with Gasteiger partial charge in [0, 0.05) is 5.02 Å². The van der Waals surface area contributed by atoms with Crippen molar-refractivity contribution in [2.45, 2.75) is 19.9 Å². The van der Waals surface area contributed by atoms with Crippen LogP contribution in [-0.2, 0) is 9.53 Å². The number of fused-ring (bicyclic) bond motifs is 1. The summed E-state index contributed by atoms with van der Waals surface area (Å²) in [6.45, 7) is 3.74. The molecule has 176 valence electrons. The molecule has 1 aromatic heterocycles. The van der Waals surface area contributed by atoms with Gasteiger partial charge < -0.3 is 9.47 Å².